The first-order chi connectivity index (χ1) is 32.0. The van der Waals surface area contributed by atoms with Crippen molar-refractivity contribution in [2.24, 2.45) is 5.92 Å². The van der Waals surface area contributed by atoms with E-state index in [1.807, 2.05) is 56.5 Å². The van der Waals surface area contributed by atoms with Crippen LogP contribution in [0.1, 0.15) is 89.3 Å². The number of aromatic nitrogens is 9. The number of halogens is 5. The highest BCUT2D eigenvalue weighted by Crippen LogP contribution is 2.56. The van der Waals surface area contributed by atoms with Crippen LogP contribution < -0.4 is 11.4 Å². The summed E-state index contributed by atoms with van der Waals surface area (Å²) in [6.45, 7) is 7.82. The van der Waals surface area contributed by atoms with Crippen LogP contribution in [-0.4, -0.2) is 80.1 Å². The van der Waals surface area contributed by atoms with E-state index in [2.05, 4.69) is 27.4 Å². The lowest BCUT2D eigenvalue weighted by Crippen LogP contribution is -2.41. The average Bonchev–Trinajstić information content (AvgIpc) is 3.94. The van der Waals surface area contributed by atoms with Gasteiger partial charge in [0, 0.05) is 60.1 Å². The first-order valence-corrected chi connectivity index (χ1v) is 22.4. The second-order valence-corrected chi connectivity index (χ2v) is 18.4. The maximum absolute atomic E-state index is 16.3. The van der Waals surface area contributed by atoms with Crippen LogP contribution in [0.5, 0.6) is 0 Å². The average molecular weight is 939 g/mol. The number of ether oxygens (including phenoxy) is 1. The monoisotopic (exact) mass is 938 g/mol. The van der Waals surface area contributed by atoms with Gasteiger partial charge in [-0.15, -0.1) is 0 Å². The Balaban J connectivity index is 1.05. The van der Waals surface area contributed by atoms with E-state index in [1.165, 1.54) is 29.1 Å². The minimum Gasteiger partial charge on any atom is -0.381 e. The molecule has 0 radical (unpaired) electrons. The second kappa shape index (κ2) is 15.4. The smallest absolute Gasteiger partial charge is 0.381 e. The highest BCUT2D eigenvalue weighted by atomic mass is 35.5. The molecule has 3 atom stereocenters. The summed E-state index contributed by atoms with van der Waals surface area (Å²) in [5.74, 6) is -1.02. The van der Waals surface area contributed by atoms with Crippen LogP contribution in [0.25, 0.3) is 39.0 Å². The van der Waals surface area contributed by atoms with Gasteiger partial charge in [0.05, 0.1) is 40.2 Å². The summed E-state index contributed by atoms with van der Waals surface area (Å²) in [6, 6.07) is 13.7. The van der Waals surface area contributed by atoms with Gasteiger partial charge in [0.1, 0.15) is 23.6 Å². The molecule has 20 heteroatoms. The van der Waals surface area contributed by atoms with E-state index < -0.39 is 41.6 Å². The summed E-state index contributed by atoms with van der Waals surface area (Å²) in [6.07, 6.45) is 1.92. The van der Waals surface area contributed by atoms with Gasteiger partial charge in [0.25, 0.3) is 5.91 Å². The number of carbonyl (C=O) groups is 1. The van der Waals surface area contributed by atoms with Crippen molar-refractivity contribution in [3.8, 4) is 17.2 Å². The molecule has 1 N–H and O–H groups in total. The topological polar surface area (TPSA) is 156 Å². The van der Waals surface area contributed by atoms with Crippen molar-refractivity contribution >= 4 is 39.3 Å². The lowest BCUT2D eigenvalue weighted by molar-refractivity contribution is -0.141. The number of aromatic amines is 1. The molecule has 1 aliphatic carbocycles. The summed E-state index contributed by atoms with van der Waals surface area (Å²) in [4.78, 5) is 47.1. The predicted molar refractivity (Wildman–Crippen MR) is 238 cm³/mol. The van der Waals surface area contributed by atoms with Crippen LogP contribution in [-0.2, 0) is 23.2 Å². The standard InChI is InChI=1S/C47H43ClF4N10O5/c1-24-17-31(18-25(2)39(24)48)62-41(59-14-13-58(45(59)65)36-8-7-35-32(40(36)49)22-53-60(35)23-47(50,51)52)38-27(4)57(12-9-33(38)55-62)42(63)37-20-30-19-29(28-10-15-66-16-11-28)5-6-34(30)61(37)46(21-26(46)3)43-54-44(64)67-56-43/h5-8,13-14,17-20,22,26-28H,9-12,15-16,21,23H2,1-4H3,(H,54,56,64)/t26-,27-,46-/m0/s1. The van der Waals surface area contributed by atoms with E-state index in [9.17, 15) is 22.8 Å². The van der Waals surface area contributed by atoms with Crippen LogP contribution >= 0.6 is 11.6 Å². The maximum atomic E-state index is 16.3. The van der Waals surface area contributed by atoms with Crippen molar-refractivity contribution < 1.29 is 31.6 Å². The fraction of sp³-hybridized carbons (Fsp3) is 0.362. The normalized spacial score (nSPS) is 20.0. The Kier molecular flexibility index (Phi) is 9.86. The Morgan fingerprint density at radius 2 is 1.70 bits per heavy atom. The number of hydrogen-bond acceptors (Lipinski definition) is 8. The summed E-state index contributed by atoms with van der Waals surface area (Å²) < 4.78 is 73.6. The van der Waals surface area contributed by atoms with Crippen molar-refractivity contribution in [2.45, 2.75) is 83.6 Å². The van der Waals surface area contributed by atoms with Gasteiger partial charge < -0.3 is 14.2 Å². The number of nitrogens with one attached hydrogen (secondary N) is 1. The molecule has 0 bridgehead atoms. The number of nitrogens with zero attached hydrogens (tertiary/aromatic N) is 9. The number of fused-ring (bicyclic) bond motifs is 3. The second-order valence-electron chi connectivity index (χ2n) is 18.0. The van der Waals surface area contributed by atoms with Crippen molar-refractivity contribution in [1.29, 1.82) is 0 Å². The van der Waals surface area contributed by atoms with Gasteiger partial charge in [-0.25, -0.2) is 18.7 Å². The van der Waals surface area contributed by atoms with E-state index >= 15 is 9.18 Å². The third kappa shape index (κ3) is 6.78. The van der Waals surface area contributed by atoms with Crippen molar-refractivity contribution in [2.75, 3.05) is 19.8 Å². The molecule has 0 spiro atoms. The Labute approximate surface area is 383 Å². The van der Waals surface area contributed by atoms with Crippen molar-refractivity contribution in [3.05, 3.63) is 138 Å². The molecule has 2 fully saturated rings. The number of amides is 1. The largest absolute Gasteiger partial charge is 0.438 e. The number of carbonyl (C=O) groups excluding carboxylic acids is 1. The van der Waals surface area contributed by atoms with Crippen LogP contribution in [0.4, 0.5) is 17.6 Å². The molecule has 67 heavy (non-hydrogen) atoms. The first-order valence-electron chi connectivity index (χ1n) is 22.1. The lowest BCUT2D eigenvalue weighted by atomic mass is 9.91. The molecule has 1 saturated carbocycles. The minimum absolute atomic E-state index is 0.0235. The fourth-order valence-electron chi connectivity index (χ4n) is 10.5. The van der Waals surface area contributed by atoms with Gasteiger partial charge in [-0.1, -0.05) is 29.7 Å². The summed E-state index contributed by atoms with van der Waals surface area (Å²) in [5, 5.41) is 14.2. The summed E-state index contributed by atoms with van der Waals surface area (Å²) in [5.41, 5.74) is 3.79. The molecule has 15 nitrogen and oxygen atoms in total. The Morgan fingerprint density at radius 1 is 0.985 bits per heavy atom. The van der Waals surface area contributed by atoms with Crippen molar-refractivity contribution in [1.82, 2.24) is 48.3 Å². The zero-order valence-corrected chi connectivity index (χ0v) is 37.5. The van der Waals surface area contributed by atoms with E-state index in [1.54, 1.807) is 9.58 Å². The van der Waals surface area contributed by atoms with Crippen LogP contribution in [0.3, 0.4) is 0 Å². The highest BCUT2D eigenvalue weighted by molar-refractivity contribution is 6.32. The van der Waals surface area contributed by atoms with Gasteiger partial charge in [0.2, 0.25) is 0 Å². The molecule has 346 valence electrons. The number of aryl methyl sites for hydroxylation is 2. The van der Waals surface area contributed by atoms with E-state index in [-0.39, 0.29) is 35.0 Å². The number of hydrogen-bond donors (Lipinski definition) is 1. The zero-order chi connectivity index (χ0) is 46.8. The number of alkyl halides is 3. The molecule has 7 heterocycles. The van der Waals surface area contributed by atoms with Crippen LogP contribution in [0.15, 0.2) is 81.2 Å². The molecule has 0 unspecified atom stereocenters. The third-order valence-corrected chi connectivity index (χ3v) is 14.6. The summed E-state index contributed by atoms with van der Waals surface area (Å²) >= 11 is 6.63. The molecule has 2 aliphatic heterocycles. The maximum Gasteiger partial charge on any atom is 0.438 e. The molecular weight excluding hydrogens is 896 g/mol. The molecule has 1 saturated heterocycles. The SMILES string of the molecule is Cc1cc(-n2nc3c(c2-n2ccn(-c4ccc5c(cnn5CC(F)(F)F)c4F)c2=O)[C@H](C)N(C(=O)c2cc4cc(C5CCOCC5)ccc4n2[C@@]2(c4noc(=O)[nH]4)C[C@@H]2C)CC3)cc(C)c1Cl. The first kappa shape index (κ1) is 42.9. The van der Waals surface area contributed by atoms with Gasteiger partial charge >= 0.3 is 17.6 Å². The van der Waals surface area contributed by atoms with E-state index in [4.69, 9.17) is 26.0 Å². The Hall–Kier alpha value is -6.73. The Morgan fingerprint density at radius 3 is 2.39 bits per heavy atom. The molecule has 11 rings (SSSR count). The molecule has 8 aromatic rings. The van der Waals surface area contributed by atoms with Gasteiger partial charge in [-0.2, -0.15) is 23.4 Å². The molecule has 5 aromatic heterocycles. The molecule has 3 aromatic carbocycles. The molecular formula is C47H43ClF4N10O5. The Bertz CT molecular complexity index is 3420. The van der Waals surface area contributed by atoms with Gasteiger partial charge in [-0.05, 0) is 111 Å². The number of H-pyrrole nitrogens is 1. The zero-order valence-electron chi connectivity index (χ0n) is 36.7. The number of imidazole rings is 1. The third-order valence-electron chi connectivity index (χ3n) is 14.0. The van der Waals surface area contributed by atoms with E-state index in [0.29, 0.717) is 76.0 Å². The highest BCUT2D eigenvalue weighted by Gasteiger charge is 2.59. The van der Waals surface area contributed by atoms with Crippen molar-refractivity contribution in [3.63, 3.8) is 0 Å². The fourth-order valence-corrected chi connectivity index (χ4v) is 10.6. The van der Waals surface area contributed by atoms with Crippen LogP contribution in [0.2, 0.25) is 5.02 Å². The quantitative estimate of drug-likeness (QED) is 0.150. The van der Waals surface area contributed by atoms with E-state index in [0.717, 1.165) is 51.2 Å². The lowest BCUT2D eigenvalue weighted by Gasteiger charge is -2.34. The van der Waals surface area contributed by atoms with Gasteiger partial charge in [0.15, 0.2) is 11.6 Å². The number of benzene rings is 3. The summed E-state index contributed by atoms with van der Waals surface area (Å²) in [7, 11) is 0. The van der Waals surface area contributed by atoms with Crippen LogP contribution in [0, 0.1) is 25.6 Å². The number of rotatable bonds is 8. The predicted octanol–water partition coefficient (Wildman–Crippen LogP) is 8.20. The molecule has 1 amide bonds. The van der Waals surface area contributed by atoms with Gasteiger partial charge in [-0.3, -0.25) is 28.1 Å². The minimum atomic E-state index is -4.59. The molecule has 3 aliphatic rings.